The number of hydrogen-bond donors (Lipinski definition) is 2. The second kappa shape index (κ2) is 4.29. The van der Waals surface area contributed by atoms with Crippen molar-refractivity contribution < 1.29 is 4.42 Å². The van der Waals surface area contributed by atoms with Crippen molar-refractivity contribution in [1.82, 2.24) is 10.3 Å². The summed E-state index contributed by atoms with van der Waals surface area (Å²) in [5.41, 5.74) is 8.93. The minimum absolute atomic E-state index is 0.209. The SMILES string of the molecule is C=C(C)N/C(N)=N/c1nc2cc(C)ccc2o1. The van der Waals surface area contributed by atoms with E-state index in [0.717, 1.165) is 11.1 Å². The van der Waals surface area contributed by atoms with Crippen molar-refractivity contribution in [3.63, 3.8) is 0 Å². The third kappa shape index (κ3) is 2.63. The number of guanidine groups is 1. The molecule has 0 aliphatic rings. The fourth-order valence-electron chi connectivity index (χ4n) is 1.42. The van der Waals surface area contributed by atoms with Crippen LogP contribution in [0.5, 0.6) is 0 Å². The quantitative estimate of drug-likeness (QED) is 0.612. The molecule has 88 valence electrons. The smallest absolute Gasteiger partial charge is 0.325 e. The average molecular weight is 230 g/mol. The van der Waals surface area contributed by atoms with Crippen LogP contribution in [-0.4, -0.2) is 10.9 Å². The zero-order valence-electron chi connectivity index (χ0n) is 9.82. The first kappa shape index (κ1) is 11.2. The monoisotopic (exact) mass is 230 g/mol. The van der Waals surface area contributed by atoms with E-state index in [9.17, 15) is 0 Å². The lowest BCUT2D eigenvalue weighted by atomic mass is 10.2. The molecule has 0 spiro atoms. The highest BCUT2D eigenvalue weighted by atomic mass is 16.4. The molecule has 0 saturated heterocycles. The summed E-state index contributed by atoms with van der Waals surface area (Å²) in [7, 11) is 0. The third-order valence-electron chi connectivity index (χ3n) is 2.09. The van der Waals surface area contributed by atoms with Crippen LogP contribution in [0.25, 0.3) is 11.1 Å². The molecule has 5 heteroatoms. The van der Waals surface area contributed by atoms with Crippen molar-refractivity contribution in [1.29, 1.82) is 0 Å². The highest BCUT2D eigenvalue weighted by molar-refractivity contribution is 5.82. The molecule has 0 radical (unpaired) electrons. The van der Waals surface area contributed by atoms with Gasteiger partial charge in [-0.25, -0.2) is 0 Å². The number of fused-ring (bicyclic) bond motifs is 1. The highest BCUT2D eigenvalue weighted by Crippen LogP contribution is 2.21. The zero-order valence-corrected chi connectivity index (χ0v) is 9.82. The van der Waals surface area contributed by atoms with Gasteiger partial charge in [0.1, 0.15) is 5.52 Å². The molecule has 2 aromatic rings. The molecule has 3 N–H and O–H groups in total. The molecule has 0 unspecified atom stereocenters. The number of allylic oxidation sites excluding steroid dienone is 1. The summed E-state index contributed by atoms with van der Waals surface area (Å²) in [4.78, 5) is 8.23. The Labute approximate surface area is 99.0 Å². The predicted octanol–water partition coefficient (Wildman–Crippen LogP) is 2.21. The van der Waals surface area contributed by atoms with Gasteiger partial charge in [-0.15, -0.1) is 0 Å². The lowest BCUT2D eigenvalue weighted by molar-refractivity contribution is 0.613. The van der Waals surface area contributed by atoms with Crippen molar-refractivity contribution in [2.24, 2.45) is 10.7 Å². The number of hydrogen-bond acceptors (Lipinski definition) is 3. The number of aryl methyl sites for hydroxylation is 1. The number of oxazole rings is 1. The fraction of sp³-hybridized carbons (Fsp3) is 0.167. The third-order valence-corrected chi connectivity index (χ3v) is 2.09. The topological polar surface area (TPSA) is 76.4 Å². The van der Waals surface area contributed by atoms with Crippen LogP contribution in [0.2, 0.25) is 0 Å². The van der Waals surface area contributed by atoms with E-state index >= 15 is 0 Å². The van der Waals surface area contributed by atoms with Crippen LogP contribution in [0.4, 0.5) is 6.01 Å². The first-order chi connectivity index (χ1) is 8.04. The molecule has 0 aliphatic heterocycles. The van der Waals surface area contributed by atoms with Gasteiger partial charge in [0.2, 0.25) is 5.96 Å². The van der Waals surface area contributed by atoms with Gasteiger partial charge in [0, 0.05) is 5.70 Å². The first-order valence-electron chi connectivity index (χ1n) is 5.18. The number of nitrogens with one attached hydrogen (secondary N) is 1. The minimum Gasteiger partial charge on any atom is -0.422 e. The summed E-state index contributed by atoms with van der Waals surface area (Å²) in [5, 5.41) is 2.78. The minimum atomic E-state index is 0.209. The summed E-state index contributed by atoms with van der Waals surface area (Å²) >= 11 is 0. The van der Waals surface area contributed by atoms with Crippen LogP contribution < -0.4 is 11.1 Å². The Kier molecular flexibility index (Phi) is 2.82. The molecule has 2 rings (SSSR count). The Morgan fingerprint density at radius 1 is 1.53 bits per heavy atom. The van der Waals surface area contributed by atoms with Gasteiger partial charge in [0.25, 0.3) is 0 Å². The Bertz CT molecular complexity index is 598. The van der Waals surface area contributed by atoms with Crippen molar-refractivity contribution in [2.45, 2.75) is 13.8 Å². The van der Waals surface area contributed by atoms with E-state index in [1.54, 1.807) is 6.92 Å². The van der Waals surface area contributed by atoms with E-state index in [2.05, 4.69) is 21.9 Å². The second-order valence-electron chi connectivity index (χ2n) is 3.87. The van der Waals surface area contributed by atoms with Gasteiger partial charge in [-0.1, -0.05) is 12.6 Å². The second-order valence-corrected chi connectivity index (χ2v) is 3.87. The number of aliphatic imine (C=N–C) groups is 1. The Hall–Kier alpha value is -2.30. The van der Waals surface area contributed by atoms with Gasteiger partial charge in [0.15, 0.2) is 5.58 Å². The van der Waals surface area contributed by atoms with Gasteiger partial charge in [-0.05, 0) is 31.5 Å². The number of benzene rings is 1. The molecule has 1 aromatic carbocycles. The predicted molar refractivity (Wildman–Crippen MR) is 68.0 cm³/mol. The van der Waals surface area contributed by atoms with Gasteiger partial charge >= 0.3 is 6.01 Å². The van der Waals surface area contributed by atoms with Crippen LogP contribution >= 0.6 is 0 Å². The van der Waals surface area contributed by atoms with E-state index in [1.165, 1.54) is 0 Å². The Morgan fingerprint density at radius 2 is 2.29 bits per heavy atom. The van der Waals surface area contributed by atoms with Crippen LogP contribution in [0.15, 0.2) is 39.9 Å². The molecule has 0 saturated carbocycles. The molecular formula is C12H14N4O. The Balaban J connectivity index is 2.33. The zero-order chi connectivity index (χ0) is 12.4. The standard InChI is InChI=1S/C12H14N4O/c1-7(2)14-11(13)16-12-15-9-6-8(3)4-5-10(9)17-12/h4-6H,1H2,2-3H3,(H3,13,14,15,16). The maximum Gasteiger partial charge on any atom is 0.325 e. The summed E-state index contributed by atoms with van der Waals surface area (Å²) in [5.74, 6) is 0.209. The van der Waals surface area contributed by atoms with Crippen molar-refractivity contribution in [2.75, 3.05) is 0 Å². The first-order valence-corrected chi connectivity index (χ1v) is 5.18. The molecule has 1 heterocycles. The molecule has 1 aromatic heterocycles. The molecule has 0 bridgehead atoms. The van der Waals surface area contributed by atoms with Crippen LogP contribution in [-0.2, 0) is 0 Å². The van der Waals surface area contributed by atoms with Crippen LogP contribution in [0, 0.1) is 6.92 Å². The summed E-state index contributed by atoms with van der Waals surface area (Å²) in [6, 6.07) is 5.98. The summed E-state index contributed by atoms with van der Waals surface area (Å²) < 4.78 is 5.43. The van der Waals surface area contributed by atoms with Crippen molar-refractivity contribution in [3.05, 3.63) is 36.0 Å². The van der Waals surface area contributed by atoms with Gasteiger partial charge in [-0.2, -0.15) is 9.98 Å². The van der Waals surface area contributed by atoms with E-state index in [4.69, 9.17) is 10.2 Å². The van der Waals surface area contributed by atoms with E-state index in [0.29, 0.717) is 11.3 Å². The van der Waals surface area contributed by atoms with Crippen LogP contribution in [0.3, 0.4) is 0 Å². The van der Waals surface area contributed by atoms with E-state index in [1.807, 2.05) is 25.1 Å². The lowest BCUT2D eigenvalue weighted by Gasteiger charge is -2.00. The number of aromatic nitrogens is 1. The molecular weight excluding hydrogens is 216 g/mol. The number of nitrogens with zero attached hydrogens (tertiary/aromatic N) is 2. The van der Waals surface area contributed by atoms with Gasteiger partial charge < -0.3 is 15.5 Å². The highest BCUT2D eigenvalue weighted by Gasteiger charge is 2.05. The van der Waals surface area contributed by atoms with Crippen molar-refractivity contribution >= 4 is 23.1 Å². The van der Waals surface area contributed by atoms with E-state index < -0.39 is 0 Å². The molecule has 17 heavy (non-hydrogen) atoms. The number of rotatable bonds is 2. The van der Waals surface area contributed by atoms with Gasteiger partial charge in [0.05, 0.1) is 0 Å². The summed E-state index contributed by atoms with van der Waals surface area (Å²) in [6.45, 7) is 7.45. The summed E-state index contributed by atoms with van der Waals surface area (Å²) in [6.07, 6.45) is 0. The van der Waals surface area contributed by atoms with Crippen LogP contribution in [0.1, 0.15) is 12.5 Å². The maximum atomic E-state index is 5.64. The normalized spacial score (nSPS) is 11.8. The number of nitrogens with two attached hydrogens (primary N) is 1. The fourth-order valence-corrected chi connectivity index (χ4v) is 1.42. The molecule has 0 amide bonds. The molecule has 0 atom stereocenters. The van der Waals surface area contributed by atoms with Gasteiger partial charge in [-0.3, -0.25) is 0 Å². The van der Waals surface area contributed by atoms with E-state index in [-0.39, 0.29) is 12.0 Å². The van der Waals surface area contributed by atoms with Crippen molar-refractivity contribution in [3.8, 4) is 0 Å². The largest absolute Gasteiger partial charge is 0.422 e. The molecule has 0 fully saturated rings. The Morgan fingerprint density at radius 3 is 3.00 bits per heavy atom. The molecule has 5 nitrogen and oxygen atoms in total. The molecule has 0 aliphatic carbocycles. The lowest BCUT2D eigenvalue weighted by Crippen LogP contribution is -2.29. The average Bonchev–Trinajstić information content (AvgIpc) is 2.57. The maximum absolute atomic E-state index is 5.64.